The van der Waals surface area contributed by atoms with Gasteiger partial charge in [-0.3, -0.25) is 14.4 Å². The van der Waals surface area contributed by atoms with Crippen LogP contribution in [0.3, 0.4) is 0 Å². The molecule has 1 aromatic rings. The molecule has 4 N–H and O–H groups in total. The van der Waals surface area contributed by atoms with Crippen molar-refractivity contribution in [3.05, 3.63) is 47.0 Å². The van der Waals surface area contributed by atoms with Gasteiger partial charge >= 0.3 is 17.9 Å². The Morgan fingerprint density at radius 2 is 1.60 bits per heavy atom. The van der Waals surface area contributed by atoms with Crippen LogP contribution in [0.15, 0.2) is 41.5 Å². The molecule has 1 saturated heterocycles. The van der Waals surface area contributed by atoms with E-state index in [1.165, 1.54) is 39.8 Å². The number of aliphatic hydroxyl groups excluding tert-OH is 3. The van der Waals surface area contributed by atoms with Gasteiger partial charge in [-0.2, -0.15) is 0 Å². The molecule has 234 valence electrons. The van der Waals surface area contributed by atoms with Crippen LogP contribution in [-0.2, 0) is 33.3 Å². The van der Waals surface area contributed by atoms with Crippen LogP contribution in [0.2, 0.25) is 0 Å². The quantitative estimate of drug-likeness (QED) is 0.214. The average molecular weight is 603 g/mol. The van der Waals surface area contributed by atoms with E-state index in [1.807, 2.05) is 0 Å². The van der Waals surface area contributed by atoms with Gasteiger partial charge in [-0.25, -0.2) is 4.79 Å². The standard InChI is InChI=1S/C31H38O12/c1-14-20-22(41-15(2)32)25(37)29(6)18(34)12-19-30(13-40-19,43-16(3)33)23(29)26(42-27(38)17-10-8-7-9-11-17)31(39,28(20,4)5)24(36)21(14)35/h7-11,18-19,21-24,26,34-36,39H,12-13H2,1-6H3/t18-,19-,21-,22-,23+,24+,26+,29-,30+,31-/m1/s1. The van der Waals surface area contributed by atoms with Gasteiger partial charge in [-0.1, -0.05) is 32.0 Å². The molecular weight excluding hydrogens is 564 g/mol. The first-order chi connectivity index (χ1) is 20.0. The molecule has 5 rings (SSSR count). The van der Waals surface area contributed by atoms with Gasteiger partial charge in [0.15, 0.2) is 17.5 Å². The molecule has 10 atom stereocenters. The SMILES string of the molecule is CC(=O)O[C@H]1C(=O)[C@]2(C)[C@H](O)C[C@H]3OC[C@@]3(OC(C)=O)[C@H]2[C@H](OC(=O)c2ccccc2)[C@]2(O)[C@@H](O)[C@H](O)C(C)=C1C2(C)C. The molecule has 2 saturated carbocycles. The van der Waals surface area contributed by atoms with Crippen LogP contribution in [0.25, 0.3) is 0 Å². The van der Waals surface area contributed by atoms with E-state index in [9.17, 15) is 39.6 Å². The van der Waals surface area contributed by atoms with E-state index < -0.39 is 88.3 Å². The van der Waals surface area contributed by atoms with Crippen LogP contribution in [0.4, 0.5) is 0 Å². The Morgan fingerprint density at radius 1 is 0.977 bits per heavy atom. The summed E-state index contributed by atoms with van der Waals surface area (Å²) in [6.07, 6.45) is -10.1. The number of fused-ring (bicyclic) bond motifs is 5. The second-order valence-corrected chi connectivity index (χ2v) is 12.8. The first kappa shape index (κ1) is 31.3. The van der Waals surface area contributed by atoms with Gasteiger partial charge in [-0.05, 0) is 37.1 Å². The Labute approximate surface area is 248 Å². The monoisotopic (exact) mass is 602 g/mol. The third kappa shape index (κ3) is 4.14. The maximum Gasteiger partial charge on any atom is 0.338 e. The normalized spacial score (nSPS) is 41.4. The minimum atomic E-state index is -2.60. The summed E-state index contributed by atoms with van der Waals surface area (Å²) in [6.45, 7) is 7.71. The maximum absolute atomic E-state index is 14.8. The van der Waals surface area contributed by atoms with Crippen molar-refractivity contribution in [2.24, 2.45) is 16.7 Å². The van der Waals surface area contributed by atoms with Gasteiger partial charge in [-0.15, -0.1) is 0 Å². The number of carbonyl (C=O) groups is 4. The highest BCUT2D eigenvalue weighted by atomic mass is 16.6. The summed E-state index contributed by atoms with van der Waals surface area (Å²) in [5, 5.41) is 47.6. The lowest BCUT2D eigenvalue weighted by Crippen LogP contribution is -2.83. The summed E-state index contributed by atoms with van der Waals surface area (Å²) in [5.41, 5.74) is -7.89. The Morgan fingerprint density at radius 3 is 2.14 bits per heavy atom. The summed E-state index contributed by atoms with van der Waals surface area (Å²) >= 11 is 0. The Bertz CT molecular complexity index is 1390. The van der Waals surface area contributed by atoms with E-state index in [2.05, 4.69) is 0 Å². The highest BCUT2D eigenvalue weighted by Gasteiger charge is 2.79. The van der Waals surface area contributed by atoms with E-state index >= 15 is 0 Å². The van der Waals surface area contributed by atoms with Crippen LogP contribution in [0, 0.1) is 16.7 Å². The van der Waals surface area contributed by atoms with Crippen molar-refractivity contribution in [3.8, 4) is 0 Å². The van der Waals surface area contributed by atoms with Crippen molar-refractivity contribution in [2.45, 2.75) is 95.8 Å². The molecule has 12 nitrogen and oxygen atoms in total. The summed E-state index contributed by atoms with van der Waals surface area (Å²) < 4.78 is 23.3. The molecule has 0 radical (unpaired) electrons. The summed E-state index contributed by atoms with van der Waals surface area (Å²) in [6, 6.07) is 7.80. The summed E-state index contributed by atoms with van der Waals surface area (Å²) in [5.74, 6) is -4.91. The first-order valence-corrected chi connectivity index (χ1v) is 14.2. The number of esters is 3. The second-order valence-electron chi connectivity index (χ2n) is 12.8. The third-order valence-electron chi connectivity index (χ3n) is 10.3. The Hall–Kier alpha value is -3.16. The fraction of sp³-hybridized carbons (Fsp3) is 0.613. The molecule has 3 fully saturated rings. The molecule has 12 heteroatoms. The second kappa shape index (κ2) is 10.2. The fourth-order valence-electron chi connectivity index (χ4n) is 8.04. The average Bonchev–Trinajstić information content (AvgIpc) is 2.93. The molecule has 0 aromatic heterocycles. The Balaban J connectivity index is 1.87. The lowest BCUT2D eigenvalue weighted by atomic mass is 9.44. The van der Waals surface area contributed by atoms with E-state index in [0.29, 0.717) is 0 Å². The number of benzene rings is 1. The molecule has 43 heavy (non-hydrogen) atoms. The molecule has 0 unspecified atom stereocenters. The molecule has 1 aromatic carbocycles. The molecule has 0 spiro atoms. The molecule has 3 aliphatic carbocycles. The van der Waals surface area contributed by atoms with Crippen LogP contribution in [0.5, 0.6) is 0 Å². The first-order valence-electron chi connectivity index (χ1n) is 14.2. The molecule has 0 amide bonds. The topological polar surface area (TPSA) is 186 Å². The smallest absolute Gasteiger partial charge is 0.338 e. The van der Waals surface area contributed by atoms with Gasteiger partial charge in [0.25, 0.3) is 0 Å². The molecule has 4 aliphatic rings. The van der Waals surface area contributed by atoms with Gasteiger partial charge in [0.2, 0.25) is 0 Å². The Kier molecular flexibility index (Phi) is 7.42. The minimum absolute atomic E-state index is 0.00541. The van der Waals surface area contributed by atoms with Gasteiger partial charge in [0.05, 0.1) is 29.6 Å². The van der Waals surface area contributed by atoms with E-state index in [0.717, 1.165) is 13.8 Å². The summed E-state index contributed by atoms with van der Waals surface area (Å²) in [7, 11) is 0. The number of Topliss-reactive ketones (excluding diaryl/α,β-unsaturated/α-hetero) is 1. The minimum Gasteiger partial charge on any atom is -0.455 e. The van der Waals surface area contributed by atoms with E-state index in [-0.39, 0.29) is 29.7 Å². The number of hydrogen-bond donors (Lipinski definition) is 4. The lowest BCUT2D eigenvalue weighted by molar-refractivity contribution is -0.352. The van der Waals surface area contributed by atoms with Crippen molar-refractivity contribution < 1.29 is 58.6 Å². The van der Waals surface area contributed by atoms with Crippen LogP contribution in [-0.4, -0.2) is 98.6 Å². The number of aliphatic hydroxyl groups is 4. The largest absolute Gasteiger partial charge is 0.455 e. The zero-order chi connectivity index (χ0) is 31.9. The zero-order valence-corrected chi connectivity index (χ0v) is 24.9. The van der Waals surface area contributed by atoms with Crippen molar-refractivity contribution in [1.82, 2.24) is 0 Å². The highest BCUT2D eigenvalue weighted by Crippen LogP contribution is 2.64. The lowest BCUT2D eigenvalue weighted by Gasteiger charge is -2.68. The highest BCUT2D eigenvalue weighted by molar-refractivity contribution is 5.95. The molecular formula is C31H38O12. The van der Waals surface area contributed by atoms with E-state index in [1.54, 1.807) is 18.2 Å². The predicted molar refractivity (Wildman–Crippen MR) is 146 cm³/mol. The van der Waals surface area contributed by atoms with Crippen molar-refractivity contribution in [2.75, 3.05) is 6.61 Å². The van der Waals surface area contributed by atoms with Gasteiger partial charge < -0.3 is 39.4 Å². The van der Waals surface area contributed by atoms with Crippen molar-refractivity contribution >= 4 is 23.7 Å². The number of carbonyl (C=O) groups excluding carboxylic acids is 4. The van der Waals surface area contributed by atoms with Crippen molar-refractivity contribution in [1.29, 1.82) is 0 Å². The molecule has 1 heterocycles. The van der Waals surface area contributed by atoms with Crippen LogP contribution in [0.1, 0.15) is 58.3 Å². The molecule has 1 aliphatic heterocycles. The van der Waals surface area contributed by atoms with Gasteiger partial charge in [0, 0.05) is 25.7 Å². The number of ether oxygens (including phenoxy) is 4. The predicted octanol–water partition coefficient (Wildman–Crippen LogP) is 0.623. The molecule has 2 bridgehead atoms. The fourth-order valence-corrected chi connectivity index (χ4v) is 8.04. The van der Waals surface area contributed by atoms with E-state index in [4.69, 9.17) is 18.9 Å². The zero-order valence-electron chi connectivity index (χ0n) is 24.9. The van der Waals surface area contributed by atoms with Crippen LogP contribution < -0.4 is 0 Å². The van der Waals surface area contributed by atoms with Crippen molar-refractivity contribution in [3.63, 3.8) is 0 Å². The van der Waals surface area contributed by atoms with Crippen LogP contribution >= 0.6 is 0 Å². The maximum atomic E-state index is 14.8. The number of rotatable bonds is 4. The number of hydrogen-bond acceptors (Lipinski definition) is 12. The van der Waals surface area contributed by atoms with Gasteiger partial charge in [0.1, 0.15) is 30.0 Å². The number of ketones is 1. The third-order valence-corrected chi connectivity index (χ3v) is 10.3. The summed E-state index contributed by atoms with van der Waals surface area (Å²) in [4.78, 5) is 53.5.